The van der Waals surface area contributed by atoms with E-state index in [4.69, 9.17) is 0 Å². The normalized spacial score (nSPS) is 20.0. The fraction of sp³-hybridized carbons (Fsp3) is 0.619. The minimum Gasteiger partial charge on any atom is -0.343 e. The van der Waals surface area contributed by atoms with Crippen LogP contribution in [0, 0.1) is 12.8 Å². The van der Waals surface area contributed by atoms with Crippen molar-refractivity contribution < 1.29 is 9.59 Å². The highest BCUT2D eigenvalue weighted by Gasteiger charge is 2.29. The van der Waals surface area contributed by atoms with Crippen LogP contribution >= 0.6 is 0 Å². The van der Waals surface area contributed by atoms with Crippen LogP contribution in [0.15, 0.2) is 24.3 Å². The van der Waals surface area contributed by atoms with Crippen molar-refractivity contribution in [1.29, 1.82) is 0 Å². The molecule has 1 aliphatic heterocycles. The molecule has 0 spiro atoms. The van der Waals surface area contributed by atoms with E-state index in [1.807, 2.05) is 4.90 Å². The number of hydrogen-bond acceptors (Lipinski definition) is 2. The van der Waals surface area contributed by atoms with Gasteiger partial charge in [-0.3, -0.25) is 4.79 Å². The largest absolute Gasteiger partial charge is 0.343 e. The van der Waals surface area contributed by atoms with Crippen LogP contribution < -0.4 is 10.6 Å². The molecule has 1 aliphatic carbocycles. The van der Waals surface area contributed by atoms with Crippen LogP contribution in [0.1, 0.15) is 62.6 Å². The van der Waals surface area contributed by atoms with Crippen molar-refractivity contribution in [2.24, 2.45) is 5.92 Å². The number of nitrogens with zero attached hydrogens (tertiary/aromatic N) is 1. The maximum Gasteiger partial charge on any atom is 0.315 e. The first kappa shape index (κ1) is 18.7. The number of benzene rings is 1. The Labute approximate surface area is 156 Å². The molecule has 0 unspecified atom stereocenters. The summed E-state index contributed by atoms with van der Waals surface area (Å²) in [4.78, 5) is 25.9. The van der Waals surface area contributed by atoms with Crippen molar-refractivity contribution in [1.82, 2.24) is 15.5 Å². The molecule has 0 radical (unpaired) electrons. The number of hydrogen-bond donors (Lipinski definition) is 2. The average Bonchev–Trinajstić information content (AvgIpc) is 3.14. The Kier molecular flexibility index (Phi) is 6.17. The lowest BCUT2D eigenvalue weighted by atomic mass is 9.91. The van der Waals surface area contributed by atoms with Crippen LogP contribution in [0.25, 0.3) is 0 Å². The van der Waals surface area contributed by atoms with Crippen molar-refractivity contribution in [2.75, 3.05) is 13.1 Å². The Morgan fingerprint density at radius 1 is 1.12 bits per heavy atom. The number of piperidine rings is 1. The summed E-state index contributed by atoms with van der Waals surface area (Å²) >= 11 is 0. The number of rotatable bonds is 4. The van der Waals surface area contributed by atoms with Gasteiger partial charge in [-0.1, -0.05) is 42.7 Å². The highest BCUT2D eigenvalue weighted by molar-refractivity contribution is 5.75. The molecule has 1 aromatic carbocycles. The van der Waals surface area contributed by atoms with Crippen LogP contribution in [0.5, 0.6) is 0 Å². The third-order valence-electron chi connectivity index (χ3n) is 5.83. The van der Waals surface area contributed by atoms with Gasteiger partial charge < -0.3 is 15.5 Å². The van der Waals surface area contributed by atoms with Crippen molar-refractivity contribution in [3.05, 3.63) is 35.4 Å². The lowest BCUT2D eigenvalue weighted by molar-refractivity contribution is -0.129. The Morgan fingerprint density at radius 2 is 1.81 bits per heavy atom. The van der Waals surface area contributed by atoms with Crippen LogP contribution in [0.2, 0.25) is 0 Å². The minimum atomic E-state index is -0.0790. The highest BCUT2D eigenvalue weighted by Crippen LogP contribution is 2.36. The molecule has 1 aromatic rings. The Balaban J connectivity index is 1.60. The number of amides is 3. The quantitative estimate of drug-likeness (QED) is 0.866. The fourth-order valence-corrected chi connectivity index (χ4v) is 4.33. The molecule has 5 heteroatoms. The molecule has 26 heavy (non-hydrogen) atoms. The second-order valence-electron chi connectivity index (χ2n) is 7.83. The predicted octanol–water partition coefficient (Wildman–Crippen LogP) is 3.54. The molecule has 3 amide bonds. The summed E-state index contributed by atoms with van der Waals surface area (Å²) in [5.41, 5.74) is 2.43. The molecule has 1 saturated carbocycles. The van der Waals surface area contributed by atoms with Gasteiger partial charge in [0.2, 0.25) is 5.91 Å². The third kappa shape index (κ3) is 4.77. The van der Waals surface area contributed by atoms with Gasteiger partial charge in [0.15, 0.2) is 0 Å². The van der Waals surface area contributed by atoms with E-state index in [1.165, 1.54) is 36.8 Å². The van der Waals surface area contributed by atoms with Gasteiger partial charge in [0, 0.05) is 26.1 Å². The minimum absolute atomic E-state index is 0.0784. The molecule has 142 valence electrons. The molecule has 2 N–H and O–H groups in total. The number of nitrogens with one attached hydrogen (secondary N) is 2. The maximum atomic E-state index is 12.6. The molecule has 2 fully saturated rings. The van der Waals surface area contributed by atoms with E-state index < -0.39 is 0 Å². The van der Waals surface area contributed by atoms with E-state index in [0.29, 0.717) is 5.92 Å². The van der Waals surface area contributed by atoms with Crippen LogP contribution in [0.3, 0.4) is 0 Å². The summed E-state index contributed by atoms with van der Waals surface area (Å²) in [5.74, 6) is 0.635. The first-order valence-corrected chi connectivity index (χ1v) is 9.92. The summed E-state index contributed by atoms with van der Waals surface area (Å²) in [7, 11) is 0. The summed E-state index contributed by atoms with van der Waals surface area (Å²) in [5, 5.41) is 6.38. The summed E-state index contributed by atoms with van der Waals surface area (Å²) in [6, 6.07) is 8.63. The van der Waals surface area contributed by atoms with Gasteiger partial charge in [-0.2, -0.15) is 0 Å². The van der Waals surface area contributed by atoms with Crippen LogP contribution in [-0.2, 0) is 4.79 Å². The lowest BCUT2D eigenvalue weighted by Gasteiger charge is -2.32. The van der Waals surface area contributed by atoms with Crippen molar-refractivity contribution in [3.63, 3.8) is 0 Å². The van der Waals surface area contributed by atoms with Gasteiger partial charge in [0.25, 0.3) is 0 Å². The van der Waals surface area contributed by atoms with E-state index in [9.17, 15) is 9.59 Å². The molecule has 0 aromatic heterocycles. The van der Waals surface area contributed by atoms with Gasteiger partial charge in [0.1, 0.15) is 0 Å². The monoisotopic (exact) mass is 357 g/mol. The van der Waals surface area contributed by atoms with E-state index in [1.54, 1.807) is 6.92 Å². The number of aryl methyl sites for hydroxylation is 1. The van der Waals surface area contributed by atoms with Gasteiger partial charge >= 0.3 is 6.03 Å². The molecule has 5 nitrogen and oxygen atoms in total. The summed E-state index contributed by atoms with van der Waals surface area (Å²) in [6.45, 7) is 5.15. The number of carbonyl (C=O) groups is 2. The third-order valence-corrected chi connectivity index (χ3v) is 5.83. The lowest BCUT2D eigenvalue weighted by Crippen LogP contribution is -2.49. The van der Waals surface area contributed by atoms with Gasteiger partial charge in [-0.15, -0.1) is 0 Å². The molecule has 0 bridgehead atoms. The van der Waals surface area contributed by atoms with Crippen molar-refractivity contribution in [2.45, 2.75) is 64.5 Å². The molecular formula is C21H31N3O2. The topological polar surface area (TPSA) is 61.4 Å². The second-order valence-corrected chi connectivity index (χ2v) is 7.83. The Morgan fingerprint density at radius 3 is 2.42 bits per heavy atom. The fourth-order valence-electron chi connectivity index (χ4n) is 4.33. The Bertz CT molecular complexity index is 632. The molecule has 1 atom stereocenters. The standard InChI is InChI=1S/C21H31N3O2/c1-15-6-5-9-18(14-15)20(17-7-3-4-8-17)23-21(26)22-19-10-12-24(13-11-19)16(2)25/h5-6,9,14,17,19-20H,3-4,7-8,10-13H2,1-2H3,(H2,22,23,26)/t20-/m0/s1. The summed E-state index contributed by atoms with van der Waals surface area (Å²) < 4.78 is 0. The molecule has 1 heterocycles. The average molecular weight is 357 g/mol. The molecular weight excluding hydrogens is 326 g/mol. The first-order chi connectivity index (χ1) is 12.5. The van der Waals surface area contributed by atoms with Gasteiger partial charge in [-0.25, -0.2) is 4.79 Å². The number of urea groups is 1. The molecule has 1 saturated heterocycles. The zero-order valence-corrected chi connectivity index (χ0v) is 16.0. The SMILES string of the molecule is CC(=O)N1CCC(NC(=O)N[C@H](c2cccc(C)c2)C2CCCC2)CC1. The summed E-state index contributed by atoms with van der Waals surface area (Å²) in [6.07, 6.45) is 6.50. The smallest absolute Gasteiger partial charge is 0.315 e. The first-order valence-electron chi connectivity index (χ1n) is 9.92. The van der Waals surface area contributed by atoms with Gasteiger partial charge in [-0.05, 0) is 44.1 Å². The maximum absolute atomic E-state index is 12.6. The Hall–Kier alpha value is -2.04. The van der Waals surface area contributed by atoms with Gasteiger partial charge in [0.05, 0.1) is 6.04 Å². The number of likely N-dealkylation sites (tertiary alicyclic amines) is 1. The zero-order valence-electron chi connectivity index (χ0n) is 16.0. The predicted molar refractivity (Wildman–Crippen MR) is 103 cm³/mol. The van der Waals surface area contributed by atoms with E-state index in [-0.39, 0.29) is 24.0 Å². The van der Waals surface area contributed by atoms with E-state index >= 15 is 0 Å². The van der Waals surface area contributed by atoms with Crippen LogP contribution in [-0.4, -0.2) is 36.0 Å². The van der Waals surface area contributed by atoms with Crippen molar-refractivity contribution in [3.8, 4) is 0 Å². The van der Waals surface area contributed by atoms with E-state index in [0.717, 1.165) is 25.9 Å². The van der Waals surface area contributed by atoms with Crippen LogP contribution in [0.4, 0.5) is 4.79 Å². The second kappa shape index (κ2) is 8.56. The molecule has 3 rings (SSSR count). The van der Waals surface area contributed by atoms with E-state index in [2.05, 4.69) is 41.8 Å². The highest BCUT2D eigenvalue weighted by atomic mass is 16.2. The number of carbonyl (C=O) groups excluding carboxylic acids is 2. The molecule has 2 aliphatic rings. The zero-order chi connectivity index (χ0) is 18.5. The van der Waals surface area contributed by atoms with Crippen molar-refractivity contribution >= 4 is 11.9 Å².